The van der Waals surface area contributed by atoms with Crippen molar-refractivity contribution in [2.45, 2.75) is 0 Å². The van der Waals surface area contributed by atoms with Crippen LogP contribution in [0, 0.1) is 0 Å². The monoisotopic (exact) mass is 383 g/mol. The highest BCUT2D eigenvalue weighted by atomic mass is 79.9. The number of nitrogens with one attached hydrogen (secondary N) is 1. The largest absolute Gasteiger partial charge is 0.386 e. The Morgan fingerprint density at radius 1 is 1.36 bits per heavy atom. The summed E-state index contributed by atoms with van der Waals surface area (Å²) in [6.07, 6.45) is 0. The first-order chi connectivity index (χ1) is 6.60. The van der Waals surface area contributed by atoms with Gasteiger partial charge >= 0.3 is 0 Å². The van der Waals surface area contributed by atoms with Crippen molar-refractivity contribution in [2.75, 3.05) is 17.7 Å². The van der Waals surface area contributed by atoms with Crippen LogP contribution < -0.4 is 5.32 Å². The van der Waals surface area contributed by atoms with Gasteiger partial charge in [0.2, 0.25) is 0 Å². The molecule has 0 fully saturated rings. The van der Waals surface area contributed by atoms with Crippen molar-refractivity contribution in [3.63, 3.8) is 0 Å². The molecule has 1 rings (SSSR count). The fourth-order valence-corrected chi connectivity index (χ4v) is 2.96. The predicted octanol–water partition coefficient (Wildman–Crippen LogP) is 3.83. The summed E-state index contributed by atoms with van der Waals surface area (Å²) in [5.74, 6) is 0.0639. The van der Waals surface area contributed by atoms with Crippen molar-refractivity contribution in [1.82, 2.24) is 0 Å². The minimum atomic E-state index is 0.0639. The topological polar surface area (TPSA) is 29.1 Å². The van der Waals surface area contributed by atoms with Gasteiger partial charge in [-0.3, -0.25) is 4.79 Å². The minimum absolute atomic E-state index is 0.0639. The van der Waals surface area contributed by atoms with E-state index in [4.69, 9.17) is 0 Å². The third-order valence-corrected chi connectivity index (χ3v) is 3.50. The second kappa shape index (κ2) is 5.28. The molecule has 14 heavy (non-hydrogen) atoms. The molecule has 0 unspecified atom stereocenters. The molecule has 0 aliphatic rings. The number of carbonyl (C=O) groups excluding carboxylic acids is 1. The van der Waals surface area contributed by atoms with Crippen LogP contribution in [0.5, 0.6) is 0 Å². The molecule has 5 heteroatoms. The maximum atomic E-state index is 11.4. The van der Waals surface area contributed by atoms with Crippen LogP contribution in [-0.2, 0) is 0 Å². The molecule has 2 nitrogen and oxygen atoms in total. The highest BCUT2D eigenvalue weighted by molar-refractivity contribution is 9.11. The van der Waals surface area contributed by atoms with Crippen LogP contribution in [0.1, 0.15) is 10.4 Å². The van der Waals surface area contributed by atoms with Crippen LogP contribution in [0.3, 0.4) is 0 Å². The van der Waals surface area contributed by atoms with Gasteiger partial charge in [0.1, 0.15) is 0 Å². The van der Waals surface area contributed by atoms with E-state index >= 15 is 0 Å². The number of ketones is 1. The summed E-state index contributed by atoms with van der Waals surface area (Å²) < 4.78 is 1.75. The van der Waals surface area contributed by atoms with Gasteiger partial charge in [-0.25, -0.2) is 0 Å². The molecule has 0 saturated heterocycles. The van der Waals surface area contributed by atoms with E-state index in [0.29, 0.717) is 10.9 Å². The Kier molecular flexibility index (Phi) is 4.60. The number of Topliss-reactive ketones (excluding diaryl/α,β-unsaturated/α-hetero) is 1. The highest BCUT2D eigenvalue weighted by Gasteiger charge is 2.10. The maximum Gasteiger partial charge on any atom is 0.173 e. The number of carbonyl (C=O) groups is 1. The van der Waals surface area contributed by atoms with Crippen LogP contribution in [0.2, 0.25) is 0 Å². The Hall–Kier alpha value is 0.130. The zero-order valence-corrected chi connectivity index (χ0v) is 12.2. The fraction of sp³-hybridized carbons (Fsp3) is 0.222. The Morgan fingerprint density at radius 2 is 1.86 bits per heavy atom. The summed E-state index contributed by atoms with van der Waals surface area (Å²) in [5, 5.41) is 3.37. The Balaban J connectivity index is 3.20. The number of hydrogen-bond acceptors (Lipinski definition) is 2. The molecule has 0 aliphatic heterocycles. The average Bonchev–Trinajstić information content (AvgIpc) is 2.16. The average molecular weight is 386 g/mol. The quantitative estimate of drug-likeness (QED) is 0.633. The molecule has 0 atom stereocenters. The molecule has 0 saturated carbocycles. The van der Waals surface area contributed by atoms with Gasteiger partial charge in [0, 0.05) is 21.6 Å². The van der Waals surface area contributed by atoms with Crippen molar-refractivity contribution < 1.29 is 4.79 Å². The van der Waals surface area contributed by atoms with E-state index in [1.54, 1.807) is 12.1 Å². The summed E-state index contributed by atoms with van der Waals surface area (Å²) in [5.41, 5.74) is 1.62. The molecular weight excluding hydrogens is 378 g/mol. The van der Waals surface area contributed by atoms with Gasteiger partial charge in [0.15, 0.2) is 5.78 Å². The molecule has 0 heterocycles. The van der Waals surface area contributed by atoms with Crippen molar-refractivity contribution in [3.8, 4) is 0 Å². The van der Waals surface area contributed by atoms with Gasteiger partial charge in [0.25, 0.3) is 0 Å². The van der Waals surface area contributed by atoms with E-state index < -0.39 is 0 Å². The first kappa shape index (κ1) is 12.2. The zero-order valence-electron chi connectivity index (χ0n) is 7.40. The van der Waals surface area contributed by atoms with Crippen molar-refractivity contribution in [1.29, 1.82) is 0 Å². The SMILES string of the molecule is CNc1c(Br)cc(C(=O)CBr)cc1Br. The lowest BCUT2D eigenvalue weighted by Crippen LogP contribution is -2.01. The number of halogens is 3. The van der Waals surface area contributed by atoms with Gasteiger partial charge in [-0.2, -0.15) is 0 Å². The summed E-state index contributed by atoms with van der Waals surface area (Å²) >= 11 is 9.93. The molecule has 1 N–H and O–H groups in total. The molecule has 0 radical (unpaired) electrons. The van der Waals surface area contributed by atoms with Crippen LogP contribution in [0.4, 0.5) is 5.69 Å². The Labute approximate surface area is 108 Å². The van der Waals surface area contributed by atoms with E-state index in [0.717, 1.165) is 14.6 Å². The van der Waals surface area contributed by atoms with Crippen molar-refractivity contribution >= 4 is 59.3 Å². The van der Waals surface area contributed by atoms with E-state index in [1.807, 2.05) is 7.05 Å². The van der Waals surface area contributed by atoms with Crippen LogP contribution in [0.25, 0.3) is 0 Å². The molecule has 0 spiro atoms. The number of anilines is 1. The van der Waals surface area contributed by atoms with Crippen molar-refractivity contribution in [3.05, 3.63) is 26.6 Å². The molecular formula is C9H8Br3NO. The smallest absolute Gasteiger partial charge is 0.173 e. The van der Waals surface area contributed by atoms with E-state index in [9.17, 15) is 4.79 Å². The van der Waals surface area contributed by atoms with E-state index in [1.165, 1.54) is 0 Å². The summed E-state index contributed by atoms with van der Waals surface area (Å²) in [6, 6.07) is 3.61. The molecule has 0 bridgehead atoms. The third-order valence-electron chi connectivity index (χ3n) is 1.74. The van der Waals surface area contributed by atoms with Gasteiger partial charge in [-0.1, -0.05) is 15.9 Å². The second-order valence-electron chi connectivity index (χ2n) is 2.62. The number of rotatable bonds is 3. The van der Waals surface area contributed by atoms with E-state index in [2.05, 4.69) is 53.1 Å². The predicted molar refractivity (Wildman–Crippen MR) is 69.5 cm³/mol. The molecule has 1 aromatic carbocycles. The third kappa shape index (κ3) is 2.58. The van der Waals surface area contributed by atoms with Crippen LogP contribution >= 0.6 is 47.8 Å². The highest BCUT2D eigenvalue weighted by Crippen LogP contribution is 2.32. The lowest BCUT2D eigenvalue weighted by Gasteiger charge is -2.08. The number of benzene rings is 1. The molecule has 0 amide bonds. The van der Waals surface area contributed by atoms with Crippen molar-refractivity contribution in [2.24, 2.45) is 0 Å². The van der Waals surface area contributed by atoms with Gasteiger partial charge in [-0.15, -0.1) is 0 Å². The Bertz CT molecular complexity index is 342. The standard InChI is InChI=1S/C9H8Br3NO/c1-13-9-6(11)2-5(3-7(9)12)8(14)4-10/h2-3,13H,4H2,1H3. The van der Waals surface area contributed by atoms with Gasteiger partial charge in [-0.05, 0) is 44.0 Å². The lowest BCUT2D eigenvalue weighted by atomic mass is 10.1. The molecule has 76 valence electrons. The van der Waals surface area contributed by atoms with Gasteiger partial charge in [0.05, 0.1) is 11.0 Å². The lowest BCUT2D eigenvalue weighted by molar-refractivity contribution is 0.102. The zero-order chi connectivity index (χ0) is 10.7. The van der Waals surface area contributed by atoms with E-state index in [-0.39, 0.29) is 5.78 Å². The number of alkyl halides is 1. The molecule has 0 aromatic heterocycles. The maximum absolute atomic E-state index is 11.4. The first-order valence-electron chi connectivity index (χ1n) is 3.86. The molecule has 0 aliphatic carbocycles. The van der Waals surface area contributed by atoms with Crippen LogP contribution in [-0.4, -0.2) is 18.2 Å². The van der Waals surface area contributed by atoms with Gasteiger partial charge < -0.3 is 5.32 Å². The molecule has 1 aromatic rings. The minimum Gasteiger partial charge on any atom is -0.386 e. The summed E-state index contributed by atoms with van der Waals surface area (Å²) in [4.78, 5) is 11.4. The van der Waals surface area contributed by atoms with Crippen LogP contribution in [0.15, 0.2) is 21.1 Å². The summed E-state index contributed by atoms with van der Waals surface area (Å²) in [7, 11) is 1.83. The fourth-order valence-electron chi connectivity index (χ4n) is 1.05. The normalized spacial score (nSPS) is 10.0. The Morgan fingerprint density at radius 3 is 2.21 bits per heavy atom. The number of hydrogen-bond donors (Lipinski definition) is 1. The second-order valence-corrected chi connectivity index (χ2v) is 4.89. The first-order valence-corrected chi connectivity index (χ1v) is 6.57. The summed E-state index contributed by atoms with van der Waals surface area (Å²) in [6.45, 7) is 0.